The number of aromatic nitrogens is 4. The summed E-state index contributed by atoms with van der Waals surface area (Å²) in [6, 6.07) is 16.2. The molecule has 0 spiro atoms. The van der Waals surface area contributed by atoms with E-state index in [1.807, 2.05) is 35.9 Å². The molecule has 8 rings (SSSR count). The molecule has 1 N–H and O–H groups in total. The number of carboxylic acids is 1. The van der Waals surface area contributed by atoms with Crippen molar-refractivity contribution in [3.05, 3.63) is 87.8 Å². The molecule has 9 nitrogen and oxygen atoms in total. The van der Waals surface area contributed by atoms with Crippen LogP contribution in [0.2, 0.25) is 5.02 Å². The highest BCUT2D eigenvalue weighted by molar-refractivity contribution is 7.98. The lowest BCUT2D eigenvalue weighted by Crippen LogP contribution is -2.09. The molecule has 3 aromatic heterocycles. The minimum atomic E-state index is -0.986. The Hall–Kier alpha value is -4.06. The van der Waals surface area contributed by atoms with Gasteiger partial charge >= 0.3 is 5.97 Å². The summed E-state index contributed by atoms with van der Waals surface area (Å²) >= 11 is 10.3. The maximum atomic E-state index is 12.8. The first-order valence-corrected chi connectivity index (χ1v) is 18.0. The van der Waals surface area contributed by atoms with Crippen molar-refractivity contribution in [1.29, 1.82) is 0 Å². The van der Waals surface area contributed by atoms with Crippen LogP contribution in [0.15, 0.2) is 57.8 Å². The van der Waals surface area contributed by atoms with Gasteiger partial charge in [-0.25, -0.2) is 14.5 Å². The van der Waals surface area contributed by atoms with Crippen LogP contribution in [0.25, 0.3) is 32.8 Å². The lowest BCUT2D eigenvalue weighted by Gasteiger charge is -2.12. The summed E-state index contributed by atoms with van der Waals surface area (Å²) in [5, 5.41) is 18.9. The lowest BCUT2D eigenvalue weighted by atomic mass is 9.99. The largest absolute Gasteiger partial charge is 0.493 e. The number of aromatic carboxylic acids is 1. The van der Waals surface area contributed by atoms with Gasteiger partial charge in [0.05, 0.1) is 46.4 Å². The van der Waals surface area contributed by atoms with Gasteiger partial charge in [-0.15, -0.1) is 23.5 Å². The van der Waals surface area contributed by atoms with E-state index in [-0.39, 0.29) is 5.69 Å². The van der Waals surface area contributed by atoms with Gasteiger partial charge in [0.1, 0.15) is 23.8 Å². The van der Waals surface area contributed by atoms with E-state index in [2.05, 4.69) is 24.3 Å². The van der Waals surface area contributed by atoms with E-state index < -0.39 is 5.97 Å². The first kappa shape index (κ1) is 30.3. The maximum Gasteiger partial charge on any atom is 0.352 e. The number of hydrogen-bond acceptors (Lipinski definition) is 8. The summed E-state index contributed by atoms with van der Waals surface area (Å²) in [5.74, 6) is 3.76. The Bertz CT molecular complexity index is 2200. The van der Waals surface area contributed by atoms with Crippen molar-refractivity contribution in [2.24, 2.45) is 7.05 Å². The molecule has 5 heterocycles. The van der Waals surface area contributed by atoms with Gasteiger partial charge in [-0.05, 0) is 48.9 Å². The molecule has 0 aliphatic carbocycles. The van der Waals surface area contributed by atoms with E-state index in [4.69, 9.17) is 35.6 Å². The van der Waals surface area contributed by atoms with Gasteiger partial charge in [-0.3, -0.25) is 0 Å². The molecule has 0 fully saturated rings. The van der Waals surface area contributed by atoms with Gasteiger partial charge in [0.15, 0.2) is 0 Å². The fraction of sp³-hybridized carbons (Fsp3) is 0.286. The SMILES string of the molecule is Cc1oc2nc1CSc1cc(c3ccccc3c1)OCCCc1c(C(=O)O)n(C)c3c(c(Cl)ccc13)-c1c(nn3c1OCC3)CSC2. The Balaban J connectivity index is 1.26. The highest BCUT2D eigenvalue weighted by Gasteiger charge is 2.31. The zero-order valence-electron chi connectivity index (χ0n) is 25.8. The number of thioether (sulfide) groups is 2. The quantitative estimate of drug-likeness (QED) is 0.183. The van der Waals surface area contributed by atoms with Gasteiger partial charge in [-0.2, -0.15) is 5.10 Å². The molecule has 0 amide bonds. The molecule has 0 radical (unpaired) electrons. The molecule has 0 saturated heterocycles. The predicted octanol–water partition coefficient (Wildman–Crippen LogP) is 8.29. The molecule has 0 atom stereocenters. The highest BCUT2D eigenvalue weighted by Crippen LogP contribution is 2.46. The molecule has 2 aliphatic rings. The fourth-order valence-corrected chi connectivity index (χ4v) is 8.70. The zero-order valence-corrected chi connectivity index (χ0v) is 28.2. The average Bonchev–Trinajstić information content (AvgIpc) is 3.80. The summed E-state index contributed by atoms with van der Waals surface area (Å²) in [7, 11) is 1.79. The Morgan fingerprint density at radius 3 is 2.74 bits per heavy atom. The first-order chi connectivity index (χ1) is 22.9. The van der Waals surface area contributed by atoms with E-state index in [1.54, 1.807) is 35.1 Å². The van der Waals surface area contributed by atoms with Crippen molar-refractivity contribution in [2.75, 3.05) is 13.2 Å². The summed E-state index contributed by atoms with van der Waals surface area (Å²) in [5.41, 5.74) is 5.03. The number of oxazole rings is 1. The summed E-state index contributed by atoms with van der Waals surface area (Å²) < 4.78 is 22.2. The normalized spacial score (nSPS) is 15.2. The van der Waals surface area contributed by atoms with Crippen LogP contribution in [-0.4, -0.2) is 43.6 Å². The second kappa shape index (κ2) is 12.2. The topological polar surface area (TPSA) is 105 Å². The molecule has 12 heteroatoms. The van der Waals surface area contributed by atoms with Gasteiger partial charge in [0.25, 0.3) is 0 Å². The number of aryl methyl sites for hydroxylation is 3. The Labute approximate surface area is 284 Å². The van der Waals surface area contributed by atoms with Gasteiger partial charge in [-0.1, -0.05) is 41.9 Å². The monoisotopic (exact) mass is 686 g/mol. The molecule has 240 valence electrons. The summed E-state index contributed by atoms with van der Waals surface area (Å²) in [6.07, 6.45) is 1.14. The molecule has 8 bridgehead atoms. The predicted molar refractivity (Wildman–Crippen MR) is 185 cm³/mol. The van der Waals surface area contributed by atoms with Crippen LogP contribution in [0.5, 0.6) is 11.6 Å². The number of ether oxygens (including phenoxy) is 2. The van der Waals surface area contributed by atoms with Crippen LogP contribution in [0.3, 0.4) is 0 Å². The lowest BCUT2D eigenvalue weighted by molar-refractivity contribution is 0.0685. The van der Waals surface area contributed by atoms with Gasteiger partial charge < -0.3 is 23.6 Å². The highest BCUT2D eigenvalue weighted by atomic mass is 35.5. The van der Waals surface area contributed by atoms with Crippen molar-refractivity contribution in [3.8, 4) is 22.8 Å². The van der Waals surface area contributed by atoms with Crippen LogP contribution >= 0.6 is 35.1 Å². The van der Waals surface area contributed by atoms with Crippen LogP contribution in [0.4, 0.5) is 0 Å². The molecular weight excluding hydrogens is 656 g/mol. The number of rotatable bonds is 1. The minimum absolute atomic E-state index is 0.241. The fourth-order valence-electron chi connectivity index (χ4n) is 6.69. The number of carbonyl (C=O) groups is 1. The van der Waals surface area contributed by atoms with Crippen molar-refractivity contribution < 1.29 is 23.8 Å². The van der Waals surface area contributed by atoms with Crippen LogP contribution in [-0.2, 0) is 37.3 Å². The van der Waals surface area contributed by atoms with Crippen LogP contribution in [0, 0.1) is 6.92 Å². The maximum absolute atomic E-state index is 12.8. The van der Waals surface area contributed by atoms with Gasteiger partial charge in [0, 0.05) is 39.8 Å². The Morgan fingerprint density at radius 1 is 1.00 bits per heavy atom. The molecule has 47 heavy (non-hydrogen) atoms. The molecular formula is C35H31ClN4O5S2. The van der Waals surface area contributed by atoms with Crippen LogP contribution < -0.4 is 9.47 Å². The second-order valence-corrected chi connectivity index (χ2v) is 14.1. The third kappa shape index (κ3) is 5.34. The van der Waals surface area contributed by atoms with E-state index >= 15 is 0 Å². The average molecular weight is 687 g/mol. The number of fused-ring (bicyclic) bond motifs is 10. The molecule has 0 saturated carbocycles. The second-order valence-electron chi connectivity index (χ2n) is 11.7. The summed E-state index contributed by atoms with van der Waals surface area (Å²) in [4.78, 5) is 18.7. The van der Waals surface area contributed by atoms with Crippen LogP contribution in [0.1, 0.15) is 45.5 Å². The number of carboxylic acid groups (broad SMARTS) is 1. The van der Waals surface area contributed by atoms with E-state index in [0.29, 0.717) is 66.7 Å². The van der Waals surface area contributed by atoms with Crippen molar-refractivity contribution in [2.45, 2.75) is 48.5 Å². The number of hydrogen-bond donors (Lipinski definition) is 1. The third-order valence-corrected chi connectivity index (χ3v) is 11.0. The summed E-state index contributed by atoms with van der Waals surface area (Å²) in [6.45, 7) is 3.54. The van der Waals surface area contributed by atoms with Crippen molar-refractivity contribution >= 4 is 62.8 Å². The minimum Gasteiger partial charge on any atom is -0.493 e. The smallest absolute Gasteiger partial charge is 0.352 e. The first-order valence-electron chi connectivity index (χ1n) is 15.4. The van der Waals surface area contributed by atoms with E-state index in [1.165, 1.54) is 0 Å². The standard InChI is InChI=1S/C35H31ClN4O5S2/c1-19-26-17-47-21-14-20-6-3-4-7-22(20)28(15-21)43-12-5-8-23-24-9-10-25(36)30(32(24)39(2)33(23)35(41)42)31-27(16-46-18-29(37-26)45-19)38-40-11-13-44-34(31)40/h3-4,6-7,9-10,14-15H,5,8,11-13,16-18H2,1-2H3,(H,41,42). The Morgan fingerprint density at radius 2 is 1.87 bits per heavy atom. The van der Waals surface area contributed by atoms with Crippen molar-refractivity contribution in [3.63, 3.8) is 0 Å². The van der Waals surface area contributed by atoms with E-state index in [9.17, 15) is 9.90 Å². The van der Waals surface area contributed by atoms with E-state index in [0.717, 1.165) is 66.2 Å². The number of nitrogens with zero attached hydrogens (tertiary/aromatic N) is 4. The third-order valence-electron chi connectivity index (χ3n) is 8.78. The number of benzene rings is 3. The number of halogens is 1. The molecule has 0 unspecified atom stereocenters. The zero-order chi connectivity index (χ0) is 32.2. The molecule has 2 aliphatic heterocycles. The Kier molecular flexibility index (Phi) is 7.85. The van der Waals surface area contributed by atoms with Crippen molar-refractivity contribution in [1.82, 2.24) is 19.3 Å². The molecule has 3 aromatic carbocycles. The molecule has 6 aromatic rings. The van der Waals surface area contributed by atoms with Gasteiger partial charge in [0.2, 0.25) is 11.8 Å².